The van der Waals surface area contributed by atoms with Gasteiger partial charge in [0.25, 0.3) is 0 Å². The van der Waals surface area contributed by atoms with Gasteiger partial charge in [-0.05, 0) is 37.0 Å². The summed E-state index contributed by atoms with van der Waals surface area (Å²) in [6.45, 7) is 0.748. The van der Waals surface area contributed by atoms with E-state index in [0.29, 0.717) is 0 Å². The Kier molecular flexibility index (Phi) is 3.99. The molecule has 3 heteroatoms. The fraction of sp³-hybridized carbons (Fsp3) is 0.647. The number of hydrogen-bond acceptors (Lipinski definition) is 3. The van der Waals surface area contributed by atoms with Crippen LogP contribution in [0.1, 0.15) is 37.7 Å². The molecule has 0 amide bonds. The van der Waals surface area contributed by atoms with E-state index in [9.17, 15) is 5.11 Å². The number of hydrogen-bond donors (Lipinski definition) is 1. The van der Waals surface area contributed by atoms with Crippen molar-refractivity contribution in [2.45, 2.75) is 50.7 Å². The molecule has 0 saturated heterocycles. The van der Waals surface area contributed by atoms with Crippen molar-refractivity contribution in [2.24, 2.45) is 5.41 Å². The Balaban J connectivity index is 1.60. The smallest absolute Gasteiger partial charge is 0.119 e. The molecule has 1 aromatic rings. The molecule has 0 aliphatic heterocycles. The average molecular weight is 276 g/mol. The van der Waals surface area contributed by atoms with Gasteiger partial charge in [0.1, 0.15) is 11.9 Å². The van der Waals surface area contributed by atoms with Crippen molar-refractivity contribution in [1.82, 2.24) is 0 Å². The first-order chi connectivity index (χ1) is 9.74. The summed E-state index contributed by atoms with van der Waals surface area (Å²) in [4.78, 5) is 0. The zero-order chi connectivity index (χ0) is 14.0. The van der Waals surface area contributed by atoms with Crippen LogP contribution in [-0.2, 0) is 11.2 Å². The summed E-state index contributed by atoms with van der Waals surface area (Å²) in [5.41, 5.74) is 1.32. The van der Waals surface area contributed by atoms with E-state index < -0.39 is 0 Å². The van der Waals surface area contributed by atoms with Crippen LogP contribution in [0.25, 0.3) is 0 Å². The second-order valence-electron chi connectivity index (χ2n) is 6.19. The van der Waals surface area contributed by atoms with Crippen LogP contribution in [0.4, 0.5) is 0 Å². The molecule has 3 nitrogen and oxygen atoms in total. The van der Waals surface area contributed by atoms with Gasteiger partial charge in [-0.3, -0.25) is 0 Å². The van der Waals surface area contributed by atoms with E-state index in [1.165, 1.54) is 18.4 Å². The highest BCUT2D eigenvalue weighted by atomic mass is 16.5. The first kappa shape index (κ1) is 13.9. The Morgan fingerprint density at radius 2 is 1.90 bits per heavy atom. The molecular formula is C17H24O3. The van der Waals surface area contributed by atoms with Gasteiger partial charge in [0.05, 0.1) is 12.7 Å². The van der Waals surface area contributed by atoms with Crippen LogP contribution in [0.5, 0.6) is 5.75 Å². The van der Waals surface area contributed by atoms with Crippen LogP contribution >= 0.6 is 0 Å². The summed E-state index contributed by atoms with van der Waals surface area (Å²) in [6.07, 6.45) is 6.45. The first-order valence-corrected chi connectivity index (χ1v) is 7.67. The van der Waals surface area contributed by atoms with Crippen molar-refractivity contribution in [2.75, 3.05) is 13.7 Å². The monoisotopic (exact) mass is 276 g/mol. The number of aliphatic hydroxyl groups is 1. The van der Waals surface area contributed by atoms with Gasteiger partial charge < -0.3 is 14.6 Å². The molecule has 0 radical (unpaired) electrons. The van der Waals surface area contributed by atoms with Crippen LogP contribution in [0.2, 0.25) is 0 Å². The highest BCUT2D eigenvalue weighted by Gasteiger charge is 2.57. The van der Waals surface area contributed by atoms with Crippen LogP contribution in [0.3, 0.4) is 0 Å². The van der Waals surface area contributed by atoms with Crippen molar-refractivity contribution in [3.05, 3.63) is 29.8 Å². The maximum absolute atomic E-state index is 10.1. The second kappa shape index (κ2) is 5.74. The van der Waals surface area contributed by atoms with Gasteiger partial charge in [-0.25, -0.2) is 0 Å². The lowest BCUT2D eigenvalue weighted by molar-refractivity contribution is -0.151. The Labute approximate surface area is 120 Å². The van der Waals surface area contributed by atoms with Gasteiger partial charge in [0, 0.05) is 18.9 Å². The SMILES string of the molecule is COCCc1ccc(OC2CC(O)C23CCCC3)cc1. The maximum Gasteiger partial charge on any atom is 0.119 e. The van der Waals surface area contributed by atoms with Gasteiger partial charge in [-0.1, -0.05) is 25.0 Å². The average Bonchev–Trinajstić information content (AvgIpc) is 2.99. The number of aliphatic hydroxyl groups excluding tert-OH is 1. The predicted molar refractivity (Wildman–Crippen MR) is 78.0 cm³/mol. The van der Waals surface area contributed by atoms with Gasteiger partial charge in [0.15, 0.2) is 0 Å². The van der Waals surface area contributed by atoms with Crippen molar-refractivity contribution in [1.29, 1.82) is 0 Å². The van der Waals surface area contributed by atoms with Gasteiger partial charge in [-0.15, -0.1) is 0 Å². The summed E-state index contributed by atoms with van der Waals surface area (Å²) in [6, 6.07) is 8.28. The molecule has 110 valence electrons. The van der Waals surface area contributed by atoms with Crippen molar-refractivity contribution < 1.29 is 14.6 Å². The minimum atomic E-state index is -0.157. The van der Waals surface area contributed by atoms with E-state index in [0.717, 1.165) is 38.0 Å². The van der Waals surface area contributed by atoms with E-state index in [4.69, 9.17) is 9.47 Å². The molecule has 1 N–H and O–H groups in total. The standard InChI is InChI=1S/C17H24O3/c1-19-11-8-13-4-6-14(7-5-13)20-16-12-15(18)17(16)9-2-3-10-17/h4-7,15-16,18H,2-3,8-12H2,1H3. The van der Waals surface area contributed by atoms with Gasteiger partial charge in [0.2, 0.25) is 0 Å². The van der Waals surface area contributed by atoms with Crippen LogP contribution < -0.4 is 4.74 Å². The number of methoxy groups -OCH3 is 1. The lowest BCUT2D eigenvalue weighted by Crippen LogP contribution is -2.58. The molecule has 2 atom stereocenters. The van der Waals surface area contributed by atoms with Crippen LogP contribution in [0, 0.1) is 5.41 Å². The summed E-state index contributed by atoms with van der Waals surface area (Å²) < 4.78 is 11.2. The summed E-state index contributed by atoms with van der Waals surface area (Å²) in [5.74, 6) is 0.925. The normalized spacial score (nSPS) is 27.5. The minimum Gasteiger partial charge on any atom is -0.490 e. The third-order valence-electron chi connectivity index (χ3n) is 5.07. The molecule has 2 fully saturated rings. The van der Waals surface area contributed by atoms with E-state index in [-0.39, 0.29) is 17.6 Å². The fourth-order valence-corrected chi connectivity index (χ4v) is 3.70. The van der Waals surface area contributed by atoms with Gasteiger partial charge >= 0.3 is 0 Å². The van der Waals surface area contributed by atoms with E-state index in [2.05, 4.69) is 12.1 Å². The summed E-state index contributed by atoms with van der Waals surface area (Å²) >= 11 is 0. The third-order valence-corrected chi connectivity index (χ3v) is 5.07. The van der Waals surface area contributed by atoms with E-state index in [1.54, 1.807) is 7.11 Å². The molecule has 0 aromatic heterocycles. The van der Waals surface area contributed by atoms with Crippen molar-refractivity contribution in [3.63, 3.8) is 0 Å². The molecule has 2 aliphatic carbocycles. The molecule has 2 saturated carbocycles. The molecule has 1 spiro atoms. The van der Waals surface area contributed by atoms with Crippen molar-refractivity contribution >= 4 is 0 Å². The van der Waals surface area contributed by atoms with Crippen LogP contribution in [0.15, 0.2) is 24.3 Å². The van der Waals surface area contributed by atoms with Crippen LogP contribution in [-0.4, -0.2) is 31.0 Å². The summed E-state index contributed by atoms with van der Waals surface area (Å²) in [7, 11) is 1.72. The Morgan fingerprint density at radius 3 is 2.50 bits per heavy atom. The zero-order valence-corrected chi connectivity index (χ0v) is 12.2. The Morgan fingerprint density at radius 1 is 1.20 bits per heavy atom. The highest BCUT2D eigenvalue weighted by molar-refractivity contribution is 5.28. The summed E-state index contributed by atoms with van der Waals surface area (Å²) in [5, 5.41) is 10.1. The highest BCUT2D eigenvalue weighted by Crippen LogP contribution is 2.54. The molecule has 3 rings (SSSR count). The molecule has 0 heterocycles. The Bertz CT molecular complexity index is 434. The number of ether oxygens (including phenoxy) is 2. The predicted octanol–water partition coefficient (Wildman–Crippen LogP) is 2.95. The molecule has 1 aromatic carbocycles. The second-order valence-corrected chi connectivity index (χ2v) is 6.19. The topological polar surface area (TPSA) is 38.7 Å². The number of rotatable bonds is 5. The molecular weight excluding hydrogens is 252 g/mol. The minimum absolute atomic E-state index is 0.0503. The molecule has 0 bridgehead atoms. The number of benzene rings is 1. The Hall–Kier alpha value is -1.06. The van der Waals surface area contributed by atoms with E-state index in [1.807, 2.05) is 12.1 Å². The zero-order valence-electron chi connectivity index (χ0n) is 12.2. The lowest BCUT2D eigenvalue weighted by Gasteiger charge is -2.51. The van der Waals surface area contributed by atoms with E-state index >= 15 is 0 Å². The lowest BCUT2D eigenvalue weighted by atomic mass is 9.62. The maximum atomic E-state index is 10.1. The largest absolute Gasteiger partial charge is 0.490 e. The van der Waals surface area contributed by atoms with Gasteiger partial charge in [-0.2, -0.15) is 0 Å². The fourth-order valence-electron chi connectivity index (χ4n) is 3.70. The molecule has 2 unspecified atom stereocenters. The quantitative estimate of drug-likeness (QED) is 0.898. The molecule has 2 aliphatic rings. The van der Waals surface area contributed by atoms with Crippen molar-refractivity contribution in [3.8, 4) is 5.75 Å². The third kappa shape index (κ3) is 2.45. The first-order valence-electron chi connectivity index (χ1n) is 7.67. The molecule has 20 heavy (non-hydrogen) atoms.